The van der Waals surface area contributed by atoms with E-state index in [-0.39, 0.29) is 238 Å². The summed E-state index contributed by atoms with van der Waals surface area (Å²) in [7, 11) is 2.63. The number of carbonyl (C=O) groups excluding carboxylic acids is 4. The van der Waals surface area contributed by atoms with Gasteiger partial charge in [0.2, 0.25) is 5.82 Å². The summed E-state index contributed by atoms with van der Waals surface area (Å²) in [5, 5.41) is 66.8. The van der Waals surface area contributed by atoms with Gasteiger partial charge < -0.3 is 92.1 Å². The van der Waals surface area contributed by atoms with Crippen LogP contribution in [0.15, 0.2) is 256 Å². The molecule has 1 aliphatic carbocycles. The quantitative estimate of drug-likeness (QED) is 0.00795. The molecule has 0 bridgehead atoms. The number of ether oxygens (including phenoxy) is 2. The van der Waals surface area contributed by atoms with Crippen LogP contribution in [0.4, 0.5) is 60.0 Å². The number of amides is 1. The fourth-order valence-electron chi connectivity index (χ4n) is 8.04. The van der Waals surface area contributed by atoms with Gasteiger partial charge in [-0.25, -0.2) is 24.0 Å². The summed E-state index contributed by atoms with van der Waals surface area (Å²) in [5.41, 5.74) is 38.2. The standard InChI is InChI=1S/C14H12N2O4S.C14H11NO4S.C13H12N2O2S.C13H10N2OS.C8H6O2S.C6H5FN2O2.CH3F.CH2O3.CH4O.3CH4.2Cs.Li.2H2O.H/c1-20-14(17)10-4-2-3-5-12(10)21-13-7-6-9(15)8-11(13)16(18)19;15-8-5-6-12(10(7-8)14(18)19)20-11-4-2-1-3-9(11)13(16)17;14-8-5-6-12(10(15)7-8)18-11-4-2-1-3-9(11)13(16)17;14-8-5-6-12-10(7-8)15-13(16)9-3-1-2-4-11(9)17-12;1-10-8(9)6-4-2-3-5-7(6)11;7-5-2-1-4(8)3-6(5)9(10)11;1-2;2-1-4-3;1-2;;;;;;;;;/h2-8H,15H2,1H3;1-7H,15H2,(H,16,17)(H,18,19);1-7H,14-15H2,(H,16,17);1-7H,14H2,(H,15,16);2,4-5H,1H3;1-3H,8H2;1H3;1,3H;2H,1H3;3*1H4;;;;2*1H2;/q;;;;;;;;;;;;3*+1;;;-1/p-1/i;;;;;;1D;;;;;;;;;;;. The number of esters is 2. The average molecular weight is 1900 g/mol. The van der Waals surface area contributed by atoms with Crippen molar-refractivity contribution in [1.29, 1.82) is 0 Å². The van der Waals surface area contributed by atoms with E-state index < -0.39 is 52.4 Å². The molecular formula is C74H81Cs2F2LiN9O21S5+. The van der Waals surface area contributed by atoms with Crippen LogP contribution < -0.4 is 202 Å². The molecular weight excluding hydrogens is 1820 g/mol. The van der Waals surface area contributed by atoms with Crippen molar-refractivity contribution in [3.63, 3.8) is 0 Å². The van der Waals surface area contributed by atoms with Crippen LogP contribution in [-0.2, 0) is 24.0 Å². The Morgan fingerprint density at radius 3 is 1.44 bits per heavy atom. The van der Waals surface area contributed by atoms with Crippen molar-refractivity contribution in [2.75, 3.05) is 68.2 Å². The number of carboxylic acids is 3. The van der Waals surface area contributed by atoms with Crippen molar-refractivity contribution in [2.24, 2.45) is 0 Å². The minimum Gasteiger partial charge on any atom is -1.00 e. The average Bonchev–Trinajstić information content (AvgIpc) is 1.50. The molecule has 0 unspecified atom stereocenters. The second-order valence-corrected chi connectivity index (χ2v) is 24.5. The summed E-state index contributed by atoms with van der Waals surface area (Å²) < 4.78 is 37.2. The van der Waals surface area contributed by atoms with E-state index in [4.69, 9.17) is 71.0 Å². The molecule has 0 saturated carbocycles. The number of nitrogens with zero attached hydrogens (tertiary/aromatic N) is 2. The Morgan fingerprint density at radius 2 is 0.974 bits per heavy atom. The number of carbonyl (C=O) groups is 7. The fraction of sp³-hybridized carbons (Fsp3) is 0.0946. The Labute approximate surface area is 810 Å². The van der Waals surface area contributed by atoms with E-state index in [1.807, 2.05) is 36.4 Å². The number of rotatable bonds is 14. The number of nitro groups is 2. The second-order valence-electron chi connectivity index (χ2n) is 19.6. The minimum atomic E-state index is -1.10. The number of nitrogen functional groups attached to an aromatic ring is 6. The molecule has 11 rings (SSSR count). The number of anilines is 7. The zero-order valence-electron chi connectivity index (χ0n) is 61.5. The minimum absolute atomic E-state index is 0. The van der Waals surface area contributed by atoms with E-state index in [1.165, 1.54) is 50.2 Å². The summed E-state index contributed by atoms with van der Waals surface area (Å²) in [6.07, 6.45) is 7.68. The number of benzene rings is 9. The van der Waals surface area contributed by atoms with E-state index in [0.29, 0.717) is 74.5 Å². The number of alkyl halides is 1. The molecule has 1 amide bonds. The largest absolute Gasteiger partial charge is 1.00 e. The van der Waals surface area contributed by atoms with Gasteiger partial charge in [0.05, 0.1) is 77.1 Å². The van der Waals surface area contributed by atoms with Crippen LogP contribution in [0.1, 0.15) is 76.9 Å². The maximum absolute atomic E-state index is 12.5. The molecule has 0 saturated heterocycles. The zero-order chi connectivity index (χ0) is 79.9. The number of carboxylic acid groups (broad SMARTS) is 3. The monoisotopic (exact) mass is 1900 g/mol. The van der Waals surface area contributed by atoms with Gasteiger partial charge in [-0.2, -0.15) is 4.39 Å². The SMILES string of the molecule is C.C.C.CO.COC(=O)C1=C(S)C=[C+]C=C1.COC(=O)c1ccccc1Sc1ccc(N)cc1[N+](=O)[O-].Nc1ccc(F)c([N+](=O)[O-])c1.Nc1ccc(Sc2ccccc2C(=O)O)c(C(=O)O)c1.Nc1ccc(Sc2ccccc2C(=O)O)c(N)c1.Nc1ccc2c(c1)NC(=O)c1ccccc1S2.O.O=CO[O-].[2H]CF.[Cs+].[Cs+].[H-].[Li+].[OH-]. The first-order valence-electron chi connectivity index (χ1n) is 29.9. The van der Waals surface area contributed by atoms with Crippen molar-refractivity contribution in [3.05, 3.63) is 277 Å². The molecule has 114 heavy (non-hydrogen) atoms. The van der Waals surface area contributed by atoms with E-state index in [0.717, 1.165) is 63.1 Å². The number of thiol groups is 1. The number of allylic oxidation sites excluding steroid dienone is 3. The topological polar surface area (TPSA) is 567 Å². The molecule has 0 spiro atoms. The Bertz CT molecular complexity index is 4770. The smallest absolute Gasteiger partial charge is 1.00 e. The summed E-state index contributed by atoms with van der Waals surface area (Å²) in [4.78, 5) is 105. The normalized spacial score (nSPS) is 10.0. The van der Waals surface area contributed by atoms with Gasteiger partial charge in [-0.05, 0) is 127 Å². The number of hydrogen-bond donors (Lipinski definition) is 12. The molecule has 0 radical (unpaired) electrons. The first kappa shape index (κ1) is 115. The van der Waals surface area contributed by atoms with Gasteiger partial charge in [-0.15, -0.1) is 0 Å². The first-order valence-corrected chi connectivity index (χ1v) is 32.9. The molecule has 1 aliphatic heterocycles. The molecule has 0 fully saturated rings. The number of aliphatic hydroxyl groups excluding tert-OH is 1. The maximum Gasteiger partial charge on any atom is 1.00 e. The Balaban J connectivity index is -0.000000240. The van der Waals surface area contributed by atoms with Gasteiger partial charge in [0.15, 0.2) is 5.57 Å². The van der Waals surface area contributed by atoms with Gasteiger partial charge in [-0.1, -0.05) is 130 Å². The van der Waals surface area contributed by atoms with Crippen LogP contribution in [0.2, 0.25) is 0 Å². The fourth-order valence-corrected chi connectivity index (χ4v) is 12.3. The number of hydrogen-bond acceptors (Lipinski definition) is 28. The third-order valence-electron chi connectivity index (χ3n) is 12.7. The third kappa shape index (κ3) is 38.7. The number of aromatic carboxylic acids is 3. The molecule has 2 aliphatic rings. The Kier molecular flexibility index (Phi) is 62.8. The van der Waals surface area contributed by atoms with Gasteiger partial charge in [-0.3, -0.25) is 34.2 Å². The number of nitrogens with two attached hydrogens (primary N) is 6. The van der Waals surface area contributed by atoms with E-state index in [1.54, 1.807) is 145 Å². The molecule has 30 nitrogen and oxygen atoms in total. The number of nitrogens with one attached hydrogen (secondary N) is 1. The first-order chi connectivity index (χ1) is 51.0. The Hall–Kier alpha value is -7.85. The van der Waals surface area contributed by atoms with Gasteiger partial charge in [0.25, 0.3) is 18.1 Å². The number of nitro benzene ring substituents is 2. The van der Waals surface area contributed by atoms with Crippen molar-refractivity contribution in [2.45, 2.75) is 61.4 Å². The van der Waals surface area contributed by atoms with Crippen LogP contribution in [0, 0.1) is 32.1 Å². The summed E-state index contributed by atoms with van der Waals surface area (Å²) in [6.45, 7) is -0.181. The van der Waals surface area contributed by atoms with Gasteiger partial charge in [0, 0.05) is 93.7 Å². The summed E-state index contributed by atoms with van der Waals surface area (Å²) in [5.74, 6) is -4.93. The predicted octanol–water partition coefficient (Wildman–Crippen LogP) is 4.87. The maximum atomic E-state index is 12.5. The molecule has 0 atom stereocenters. The number of methoxy groups -OCH3 is 2. The zero-order valence-corrected chi connectivity index (χ0v) is 76.2. The molecule has 9 aromatic rings. The van der Waals surface area contributed by atoms with Crippen molar-refractivity contribution < 1.29 is 263 Å². The van der Waals surface area contributed by atoms with E-state index in [9.17, 15) is 57.8 Å². The second kappa shape index (κ2) is 62.4. The van der Waals surface area contributed by atoms with E-state index in [2.05, 4.69) is 33.6 Å². The number of halogens is 2. The Morgan fingerprint density at radius 1 is 0.588 bits per heavy atom. The molecule has 9 aromatic carbocycles. The summed E-state index contributed by atoms with van der Waals surface area (Å²) in [6, 6.07) is 50.5. The molecule has 0 aromatic heterocycles. The third-order valence-corrected chi connectivity index (χ3v) is 17.7. The van der Waals surface area contributed by atoms with Crippen LogP contribution >= 0.6 is 59.7 Å². The van der Waals surface area contributed by atoms with Crippen LogP contribution in [0.25, 0.3) is 0 Å². The molecule has 594 valence electrons. The van der Waals surface area contributed by atoms with Crippen molar-refractivity contribution >= 4 is 153 Å². The van der Waals surface area contributed by atoms with Crippen LogP contribution in [0.3, 0.4) is 0 Å². The summed E-state index contributed by atoms with van der Waals surface area (Å²) >= 11 is 9.16. The number of aliphatic hydroxyl groups is 1. The van der Waals surface area contributed by atoms with Gasteiger partial charge in [0.1, 0.15) is 17.1 Å². The van der Waals surface area contributed by atoms with Crippen LogP contribution in [0.5, 0.6) is 0 Å². The van der Waals surface area contributed by atoms with E-state index >= 15 is 0 Å². The molecule has 40 heteroatoms. The predicted molar refractivity (Wildman–Crippen MR) is 429 cm³/mol. The molecule has 1 heterocycles. The molecule has 20 N–H and O–H groups in total. The van der Waals surface area contributed by atoms with Crippen molar-refractivity contribution in [1.82, 2.24) is 0 Å². The number of fused-ring (bicyclic) bond motifs is 2. The van der Waals surface area contributed by atoms with Crippen LogP contribution in [-0.4, -0.2) is 112 Å². The van der Waals surface area contributed by atoms with Crippen molar-refractivity contribution in [3.8, 4) is 0 Å². The van der Waals surface area contributed by atoms with Gasteiger partial charge >= 0.3 is 192 Å².